The van der Waals surface area contributed by atoms with Crippen LogP contribution in [0.3, 0.4) is 0 Å². The predicted octanol–water partition coefficient (Wildman–Crippen LogP) is 2.50. The molecule has 0 spiro atoms. The lowest BCUT2D eigenvalue weighted by Crippen LogP contribution is -2.38. The zero-order chi connectivity index (χ0) is 19.4. The summed E-state index contributed by atoms with van der Waals surface area (Å²) < 4.78 is 28.4. The van der Waals surface area contributed by atoms with E-state index in [2.05, 4.69) is 24.1 Å². The van der Waals surface area contributed by atoms with Crippen LogP contribution in [0.2, 0.25) is 0 Å². The van der Waals surface area contributed by atoms with Gasteiger partial charge in [0.15, 0.2) is 5.03 Å². The molecule has 2 aromatic rings. The molecule has 2 heterocycles. The highest BCUT2D eigenvalue weighted by Crippen LogP contribution is 2.22. The van der Waals surface area contributed by atoms with Gasteiger partial charge in [0.25, 0.3) is 10.0 Å². The van der Waals surface area contributed by atoms with Crippen molar-refractivity contribution in [2.45, 2.75) is 44.7 Å². The van der Waals surface area contributed by atoms with E-state index >= 15 is 0 Å². The minimum atomic E-state index is -3.60. The SMILES string of the molecule is CCc1ccc(NC(=O)Cn2cnc(S(=O)(=O)N3CCC(C)CC3)c2)cc1. The van der Waals surface area contributed by atoms with E-state index in [-0.39, 0.29) is 17.5 Å². The summed E-state index contributed by atoms with van der Waals surface area (Å²) in [5.41, 5.74) is 1.91. The minimum absolute atomic E-state index is 0.00264. The second-order valence-corrected chi connectivity index (χ2v) is 8.95. The molecule has 0 atom stereocenters. The van der Waals surface area contributed by atoms with Crippen molar-refractivity contribution in [2.75, 3.05) is 18.4 Å². The van der Waals surface area contributed by atoms with Crippen molar-refractivity contribution in [2.24, 2.45) is 5.92 Å². The van der Waals surface area contributed by atoms with E-state index in [9.17, 15) is 13.2 Å². The van der Waals surface area contributed by atoms with E-state index in [0.29, 0.717) is 24.7 Å². The van der Waals surface area contributed by atoms with Crippen LogP contribution in [0, 0.1) is 5.92 Å². The van der Waals surface area contributed by atoms with Gasteiger partial charge < -0.3 is 9.88 Å². The first-order valence-electron chi connectivity index (χ1n) is 9.29. The predicted molar refractivity (Wildman–Crippen MR) is 104 cm³/mol. The molecule has 1 N–H and O–H groups in total. The van der Waals surface area contributed by atoms with Crippen LogP contribution in [-0.2, 0) is 27.8 Å². The van der Waals surface area contributed by atoms with Crippen LogP contribution < -0.4 is 5.32 Å². The maximum atomic E-state index is 12.7. The fraction of sp³-hybridized carbons (Fsp3) is 0.474. The summed E-state index contributed by atoms with van der Waals surface area (Å²) >= 11 is 0. The lowest BCUT2D eigenvalue weighted by molar-refractivity contribution is -0.116. The highest BCUT2D eigenvalue weighted by atomic mass is 32.2. The van der Waals surface area contributed by atoms with Gasteiger partial charge in [-0.15, -0.1) is 0 Å². The zero-order valence-electron chi connectivity index (χ0n) is 15.8. The number of amides is 1. The molecule has 1 aliphatic rings. The van der Waals surface area contributed by atoms with Crippen molar-refractivity contribution in [1.29, 1.82) is 0 Å². The molecular formula is C19H26N4O3S. The number of rotatable bonds is 6. The Morgan fingerprint density at radius 2 is 1.89 bits per heavy atom. The molecule has 7 nitrogen and oxygen atoms in total. The third-order valence-electron chi connectivity index (χ3n) is 4.93. The molecule has 0 unspecified atom stereocenters. The third-order valence-corrected chi connectivity index (χ3v) is 6.71. The number of hydrogen-bond donors (Lipinski definition) is 1. The Bertz CT molecular complexity index is 882. The van der Waals surface area contributed by atoms with Gasteiger partial charge in [0, 0.05) is 25.0 Å². The van der Waals surface area contributed by atoms with Crippen molar-refractivity contribution < 1.29 is 13.2 Å². The van der Waals surface area contributed by atoms with E-state index in [4.69, 9.17) is 0 Å². The van der Waals surface area contributed by atoms with Crippen LogP contribution in [0.25, 0.3) is 0 Å². The van der Waals surface area contributed by atoms with Crippen LogP contribution in [0.5, 0.6) is 0 Å². The molecule has 146 valence electrons. The first-order chi connectivity index (χ1) is 12.9. The summed E-state index contributed by atoms with van der Waals surface area (Å²) in [5.74, 6) is 0.316. The van der Waals surface area contributed by atoms with Gasteiger partial charge in [-0.2, -0.15) is 4.31 Å². The summed E-state index contributed by atoms with van der Waals surface area (Å²) in [4.78, 5) is 16.2. The Morgan fingerprint density at radius 3 is 2.52 bits per heavy atom. The van der Waals surface area contributed by atoms with Gasteiger partial charge in [-0.25, -0.2) is 13.4 Å². The van der Waals surface area contributed by atoms with E-state index in [0.717, 1.165) is 19.3 Å². The highest BCUT2D eigenvalue weighted by molar-refractivity contribution is 7.89. The molecule has 0 saturated carbocycles. The van der Waals surface area contributed by atoms with Crippen molar-refractivity contribution in [3.05, 3.63) is 42.4 Å². The Hall–Kier alpha value is -2.19. The number of imidazole rings is 1. The van der Waals surface area contributed by atoms with Gasteiger partial charge in [0.1, 0.15) is 6.54 Å². The largest absolute Gasteiger partial charge is 0.327 e. The van der Waals surface area contributed by atoms with Gasteiger partial charge in [0.05, 0.1) is 6.33 Å². The highest BCUT2D eigenvalue weighted by Gasteiger charge is 2.29. The monoisotopic (exact) mass is 390 g/mol. The number of piperidine rings is 1. The maximum absolute atomic E-state index is 12.7. The summed E-state index contributed by atoms with van der Waals surface area (Å²) in [6.45, 7) is 5.25. The molecular weight excluding hydrogens is 364 g/mol. The number of sulfonamides is 1. The molecule has 1 fully saturated rings. The fourth-order valence-electron chi connectivity index (χ4n) is 3.11. The van der Waals surface area contributed by atoms with Crippen molar-refractivity contribution in [1.82, 2.24) is 13.9 Å². The molecule has 0 aliphatic carbocycles. The van der Waals surface area contributed by atoms with Crippen LogP contribution in [0.1, 0.15) is 32.3 Å². The first kappa shape index (κ1) is 19.6. The molecule has 1 aromatic heterocycles. The van der Waals surface area contributed by atoms with Crippen molar-refractivity contribution in [3.8, 4) is 0 Å². The average molecular weight is 391 g/mol. The number of benzene rings is 1. The Labute approximate surface area is 160 Å². The number of aromatic nitrogens is 2. The summed E-state index contributed by atoms with van der Waals surface area (Å²) in [5, 5.41) is 2.81. The third kappa shape index (κ3) is 4.75. The number of nitrogens with one attached hydrogen (secondary N) is 1. The number of anilines is 1. The number of carbonyl (C=O) groups is 1. The van der Waals surface area contributed by atoms with Crippen LogP contribution in [0.4, 0.5) is 5.69 Å². The van der Waals surface area contributed by atoms with Crippen molar-refractivity contribution >= 4 is 21.6 Å². The Morgan fingerprint density at radius 1 is 1.22 bits per heavy atom. The Balaban J connectivity index is 1.62. The minimum Gasteiger partial charge on any atom is -0.327 e. The van der Waals surface area contributed by atoms with Gasteiger partial charge in [0.2, 0.25) is 5.91 Å². The van der Waals surface area contributed by atoms with Crippen LogP contribution in [-0.4, -0.2) is 41.3 Å². The number of hydrogen-bond acceptors (Lipinski definition) is 4. The molecule has 1 aliphatic heterocycles. The van der Waals surface area contributed by atoms with Gasteiger partial charge >= 0.3 is 0 Å². The van der Waals surface area contributed by atoms with Crippen LogP contribution in [0.15, 0.2) is 41.8 Å². The molecule has 3 rings (SSSR count). The smallest absolute Gasteiger partial charge is 0.262 e. The second-order valence-electron chi connectivity index (χ2n) is 7.07. The number of nitrogens with zero attached hydrogens (tertiary/aromatic N) is 3. The van der Waals surface area contributed by atoms with E-state index < -0.39 is 10.0 Å². The topological polar surface area (TPSA) is 84.3 Å². The zero-order valence-corrected chi connectivity index (χ0v) is 16.6. The molecule has 0 radical (unpaired) electrons. The van der Waals surface area contributed by atoms with Crippen LogP contribution >= 0.6 is 0 Å². The van der Waals surface area contributed by atoms with Gasteiger partial charge in [-0.3, -0.25) is 4.79 Å². The maximum Gasteiger partial charge on any atom is 0.262 e. The lowest BCUT2D eigenvalue weighted by atomic mass is 10.0. The summed E-state index contributed by atoms with van der Waals surface area (Å²) in [7, 11) is -3.60. The second kappa shape index (κ2) is 8.22. The van der Waals surface area contributed by atoms with Gasteiger partial charge in [-0.05, 0) is 42.9 Å². The lowest BCUT2D eigenvalue weighted by Gasteiger charge is -2.28. The summed E-state index contributed by atoms with van der Waals surface area (Å²) in [6, 6.07) is 7.66. The van der Waals surface area contributed by atoms with E-state index in [1.165, 1.54) is 27.0 Å². The van der Waals surface area contributed by atoms with E-state index in [1.54, 1.807) is 0 Å². The molecule has 27 heavy (non-hydrogen) atoms. The molecule has 1 aromatic carbocycles. The quantitative estimate of drug-likeness (QED) is 0.821. The fourth-order valence-corrected chi connectivity index (χ4v) is 4.51. The first-order valence-corrected chi connectivity index (χ1v) is 10.7. The molecule has 1 amide bonds. The standard InChI is InChI=1S/C19H26N4O3S/c1-3-16-4-6-17(7-5-16)21-18(24)12-22-13-19(20-14-22)27(25,26)23-10-8-15(2)9-11-23/h4-7,13-15H,3,8-12H2,1-2H3,(H,21,24). The van der Waals surface area contributed by atoms with Crippen molar-refractivity contribution in [3.63, 3.8) is 0 Å². The van der Waals surface area contributed by atoms with E-state index in [1.807, 2.05) is 24.3 Å². The average Bonchev–Trinajstić information content (AvgIpc) is 3.12. The molecule has 0 bridgehead atoms. The number of aryl methyl sites for hydroxylation is 1. The summed E-state index contributed by atoms with van der Waals surface area (Å²) in [6.07, 6.45) is 5.47. The normalized spacial score (nSPS) is 16.4. The molecule has 1 saturated heterocycles. The molecule has 8 heteroatoms. The van der Waals surface area contributed by atoms with Gasteiger partial charge in [-0.1, -0.05) is 26.0 Å². The number of carbonyl (C=O) groups excluding carboxylic acids is 1. The Kier molecular flexibility index (Phi) is 5.96.